The van der Waals surface area contributed by atoms with Gasteiger partial charge in [-0.05, 0) is 49.7 Å². The largest absolute Gasteiger partial charge is 0.488 e. The third kappa shape index (κ3) is 4.37. The molecule has 0 aromatic heterocycles. The van der Waals surface area contributed by atoms with Crippen molar-refractivity contribution in [3.8, 4) is 5.75 Å². The lowest BCUT2D eigenvalue weighted by molar-refractivity contribution is 0.0693. The fourth-order valence-electron chi connectivity index (χ4n) is 3.08. The zero-order valence-corrected chi connectivity index (χ0v) is 14.4. The van der Waals surface area contributed by atoms with Crippen LogP contribution in [0.5, 0.6) is 5.75 Å². The molecule has 1 N–H and O–H groups in total. The van der Waals surface area contributed by atoms with Crippen molar-refractivity contribution in [1.29, 1.82) is 0 Å². The van der Waals surface area contributed by atoms with E-state index in [0.717, 1.165) is 24.9 Å². The van der Waals surface area contributed by atoms with Gasteiger partial charge in [0.25, 0.3) is 5.91 Å². The molecular weight excluding hydrogens is 319 g/mol. The van der Waals surface area contributed by atoms with E-state index in [1.165, 1.54) is 12.1 Å². The molecular formula is C20H23FN2O2. The summed E-state index contributed by atoms with van der Waals surface area (Å²) in [4.78, 5) is 14.8. The van der Waals surface area contributed by atoms with Crippen LogP contribution >= 0.6 is 0 Å². The summed E-state index contributed by atoms with van der Waals surface area (Å²) >= 11 is 0. The van der Waals surface area contributed by atoms with Crippen molar-refractivity contribution in [2.24, 2.45) is 0 Å². The molecule has 3 rings (SSSR count). The van der Waals surface area contributed by atoms with Gasteiger partial charge in [0.1, 0.15) is 18.2 Å². The highest BCUT2D eigenvalue weighted by molar-refractivity contribution is 5.97. The standard InChI is InChI=1S/C20H23FN2O2/c1-22-17-5-4-12-23(13-17)20(24)18-6-2-3-7-19(18)25-14-15-8-10-16(21)11-9-15/h2-3,6-11,17,22H,4-5,12-14H2,1H3. The van der Waals surface area contributed by atoms with Crippen LogP contribution in [0.2, 0.25) is 0 Å². The van der Waals surface area contributed by atoms with Gasteiger partial charge in [0.2, 0.25) is 0 Å². The number of para-hydroxylation sites is 1. The Morgan fingerprint density at radius 2 is 2.00 bits per heavy atom. The van der Waals surface area contributed by atoms with E-state index in [1.807, 2.05) is 24.1 Å². The van der Waals surface area contributed by atoms with Gasteiger partial charge in [0, 0.05) is 19.1 Å². The molecule has 0 spiro atoms. The molecule has 25 heavy (non-hydrogen) atoms. The van der Waals surface area contributed by atoms with E-state index in [4.69, 9.17) is 4.74 Å². The van der Waals surface area contributed by atoms with E-state index in [9.17, 15) is 9.18 Å². The smallest absolute Gasteiger partial charge is 0.257 e. The van der Waals surface area contributed by atoms with Crippen molar-refractivity contribution >= 4 is 5.91 Å². The van der Waals surface area contributed by atoms with Crippen molar-refractivity contribution in [1.82, 2.24) is 10.2 Å². The SMILES string of the molecule is CNC1CCCN(C(=O)c2ccccc2OCc2ccc(F)cc2)C1. The van der Waals surface area contributed by atoms with E-state index in [-0.39, 0.29) is 11.7 Å². The number of amides is 1. The van der Waals surface area contributed by atoms with Crippen LogP contribution in [-0.4, -0.2) is 37.0 Å². The highest BCUT2D eigenvalue weighted by atomic mass is 19.1. The third-order valence-corrected chi connectivity index (χ3v) is 4.54. The Morgan fingerprint density at radius 1 is 1.24 bits per heavy atom. The van der Waals surface area contributed by atoms with Crippen molar-refractivity contribution in [2.75, 3.05) is 20.1 Å². The zero-order valence-electron chi connectivity index (χ0n) is 14.4. The molecule has 2 aromatic carbocycles. The molecule has 0 bridgehead atoms. The Morgan fingerprint density at radius 3 is 2.76 bits per heavy atom. The Balaban J connectivity index is 1.71. The van der Waals surface area contributed by atoms with Crippen LogP contribution in [-0.2, 0) is 6.61 Å². The topological polar surface area (TPSA) is 41.6 Å². The number of likely N-dealkylation sites (tertiary alicyclic amines) is 1. The molecule has 2 aromatic rings. The number of carbonyl (C=O) groups is 1. The number of nitrogens with zero attached hydrogens (tertiary/aromatic N) is 1. The molecule has 1 heterocycles. The fourth-order valence-corrected chi connectivity index (χ4v) is 3.08. The maximum absolute atomic E-state index is 13.0. The summed E-state index contributed by atoms with van der Waals surface area (Å²) in [5, 5.41) is 3.25. The molecule has 1 atom stereocenters. The lowest BCUT2D eigenvalue weighted by atomic mass is 10.0. The molecule has 1 fully saturated rings. The van der Waals surface area contributed by atoms with E-state index in [2.05, 4.69) is 5.32 Å². The Labute approximate surface area is 147 Å². The number of benzene rings is 2. The van der Waals surface area contributed by atoms with Gasteiger partial charge < -0.3 is 15.0 Å². The molecule has 0 radical (unpaired) electrons. The van der Waals surface area contributed by atoms with Crippen LogP contribution in [0.15, 0.2) is 48.5 Å². The Kier molecular flexibility index (Phi) is 5.66. The van der Waals surface area contributed by atoms with Crippen LogP contribution in [0.25, 0.3) is 0 Å². The quantitative estimate of drug-likeness (QED) is 0.907. The second-order valence-electron chi connectivity index (χ2n) is 6.29. The first-order valence-corrected chi connectivity index (χ1v) is 8.60. The Hall–Kier alpha value is -2.40. The predicted octanol–water partition coefficient (Wildman–Crippen LogP) is 3.23. The number of ether oxygens (including phenoxy) is 1. The summed E-state index contributed by atoms with van der Waals surface area (Å²) < 4.78 is 18.8. The van der Waals surface area contributed by atoms with E-state index in [1.54, 1.807) is 24.3 Å². The number of halogens is 1. The van der Waals surface area contributed by atoms with Gasteiger partial charge >= 0.3 is 0 Å². The minimum atomic E-state index is -0.275. The molecule has 0 aliphatic carbocycles. The first-order chi connectivity index (χ1) is 12.2. The zero-order chi connectivity index (χ0) is 17.6. The lowest BCUT2D eigenvalue weighted by Crippen LogP contribution is -2.47. The molecule has 1 unspecified atom stereocenters. The summed E-state index contributed by atoms with van der Waals surface area (Å²) in [5.41, 5.74) is 1.43. The first-order valence-electron chi connectivity index (χ1n) is 8.60. The average Bonchev–Trinajstić information content (AvgIpc) is 2.67. The maximum atomic E-state index is 13.0. The van der Waals surface area contributed by atoms with Gasteiger partial charge in [-0.1, -0.05) is 24.3 Å². The molecule has 0 saturated carbocycles. The molecule has 1 saturated heterocycles. The predicted molar refractivity (Wildman–Crippen MR) is 95.2 cm³/mol. The van der Waals surface area contributed by atoms with Gasteiger partial charge in [-0.3, -0.25) is 4.79 Å². The van der Waals surface area contributed by atoms with Crippen molar-refractivity contribution in [3.05, 3.63) is 65.5 Å². The molecule has 5 heteroatoms. The summed E-state index contributed by atoms with van der Waals surface area (Å²) in [6.45, 7) is 1.77. The fraction of sp³-hybridized carbons (Fsp3) is 0.350. The number of likely N-dealkylation sites (N-methyl/N-ethyl adjacent to an activating group) is 1. The van der Waals surface area contributed by atoms with Crippen LogP contribution in [0, 0.1) is 5.82 Å². The normalized spacial score (nSPS) is 17.4. The first kappa shape index (κ1) is 17.4. The van der Waals surface area contributed by atoms with Crippen LogP contribution < -0.4 is 10.1 Å². The van der Waals surface area contributed by atoms with E-state index >= 15 is 0 Å². The number of rotatable bonds is 5. The van der Waals surface area contributed by atoms with Crippen LogP contribution in [0.3, 0.4) is 0 Å². The minimum Gasteiger partial charge on any atom is -0.488 e. The number of nitrogens with one attached hydrogen (secondary N) is 1. The molecule has 1 aliphatic heterocycles. The van der Waals surface area contributed by atoms with Gasteiger partial charge in [0.05, 0.1) is 5.56 Å². The maximum Gasteiger partial charge on any atom is 0.257 e. The second-order valence-corrected chi connectivity index (χ2v) is 6.29. The van der Waals surface area contributed by atoms with E-state index < -0.39 is 0 Å². The average molecular weight is 342 g/mol. The second kappa shape index (κ2) is 8.12. The van der Waals surface area contributed by atoms with Crippen LogP contribution in [0.4, 0.5) is 4.39 Å². The van der Waals surface area contributed by atoms with Gasteiger partial charge in [-0.15, -0.1) is 0 Å². The minimum absolute atomic E-state index is 0.00495. The summed E-state index contributed by atoms with van der Waals surface area (Å²) in [5.74, 6) is 0.279. The molecule has 1 aliphatic rings. The number of carbonyl (C=O) groups excluding carboxylic acids is 1. The van der Waals surface area contributed by atoms with Gasteiger partial charge in [-0.2, -0.15) is 0 Å². The van der Waals surface area contributed by atoms with Crippen molar-refractivity contribution in [2.45, 2.75) is 25.5 Å². The lowest BCUT2D eigenvalue weighted by Gasteiger charge is -2.33. The van der Waals surface area contributed by atoms with Gasteiger partial charge in [0.15, 0.2) is 0 Å². The van der Waals surface area contributed by atoms with Crippen molar-refractivity contribution in [3.63, 3.8) is 0 Å². The highest BCUT2D eigenvalue weighted by Crippen LogP contribution is 2.23. The molecule has 1 amide bonds. The number of hydrogen-bond acceptors (Lipinski definition) is 3. The summed E-state index contributed by atoms with van der Waals surface area (Å²) in [7, 11) is 1.93. The summed E-state index contributed by atoms with van der Waals surface area (Å²) in [6.07, 6.45) is 2.08. The van der Waals surface area contributed by atoms with Crippen molar-refractivity contribution < 1.29 is 13.9 Å². The summed E-state index contributed by atoms with van der Waals surface area (Å²) in [6, 6.07) is 13.8. The number of hydrogen-bond donors (Lipinski definition) is 1. The third-order valence-electron chi connectivity index (χ3n) is 4.54. The Bertz CT molecular complexity index is 718. The van der Waals surface area contributed by atoms with Gasteiger partial charge in [-0.25, -0.2) is 4.39 Å². The monoisotopic (exact) mass is 342 g/mol. The van der Waals surface area contributed by atoms with Crippen LogP contribution in [0.1, 0.15) is 28.8 Å². The highest BCUT2D eigenvalue weighted by Gasteiger charge is 2.25. The number of piperidine rings is 1. The molecule has 4 nitrogen and oxygen atoms in total. The van der Waals surface area contributed by atoms with E-state index in [0.29, 0.717) is 30.5 Å². The molecule has 132 valence electrons.